The summed E-state index contributed by atoms with van der Waals surface area (Å²) in [5.74, 6) is 0. The van der Waals surface area contributed by atoms with Crippen LogP contribution < -0.4 is 4.90 Å². The van der Waals surface area contributed by atoms with E-state index >= 15 is 0 Å². The van der Waals surface area contributed by atoms with Crippen molar-refractivity contribution in [2.24, 2.45) is 0 Å². The largest absolute Gasteiger partial charge is 0.370 e. The van der Waals surface area contributed by atoms with Gasteiger partial charge in [0.1, 0.15) is 11.8 Å². The van der Waals surface area contributed by atoms with Crippen LogP contribution in [0.2, 0.25) is 0 Å². The van der Waals surface area contributed by atoms with Gasteiger partial charge in [0.15, 0.2) is 0 Å². The normalized spacial score (nSPS) is 9.65. The van der Waals surface area contributed by atoms with E-state index < -0.39 is 0 Å². The molecule has 0 aliphatic carbocycles. The quantitative estimate of drug-likeness (QED) is 0.803. The summed E-state index contributed by atoms with van der Waals surface area (Å²) in [5, 5.41) is 8.97. The number of nitrogens with zero attached hydrogens (tertiary/aromatic N) is 3. The minimum absolute atomic E-state index is 0.496. The van der Waals surface area contributed by atoms with Crippen LogP contribution in [0.15, 0.2) is 48.7 Å². The molecule has 0 unspecified atom stereocenters. The second-order valence-electron chi connectivity index (χ2n) is 3.81. The van der Waals surface area contributed by atoms with E-state index in [9.17, 15) is 0 Å². The van der Waals surface area contributed by atoms with Gasteiger partial charge in [0.05, 0.1) is 0 Å². The zero-order chi connectivity index (χ0) is 12.1. The average Bonchev–Trinajstić information content (AvgIpc) is 2.40. The first-order valence-corrected chi connectivity index (χ1v) is 5.41. The zero-order valence-electron chi connectivity index (χ0n) is 9.67. The summed E-state index contributed by atoms with van der Waals surface area (Å²) in [6.07, 6.45) is 1.64. The Bertz CT molecular complexity index is 529. The highest BCUT2D eigenvalue weighted by Crippen LogP contribution is 2.15. The maximum Gasteiger partial charge on any atom is 0.145 e. The molecule has 3 heteroatoms. The molecule has 0 saturated carbocycles. The molecule has 0 radical (unpaired) electrons. The van der Waals surface area contributed by atoms with Crippen LogP contribution in [-0.2, 0) is 6.54 Å². The number of rotatable bonds is 3. The van der Waals surface area contributed by atoms with E-state index in [1.54, 1.807) is 6.20 Å². The minimum atomic E-state index is 0.496. The van der Waals surface area contributed by atoms with Gasteiger partial charge in [-0.1, -0.05) is 24.3 Å². The molecule has 0 N–H and O–H groups in total. The molecule has 84 valence electrons. The third kappa shape index (κ3) is 2.61. The third-order valence-electron chi connectivity index (χ3n) is 2.60. The van der Waals surface area contributed by atoms with Crippen LogP contribution in [0.25, 0.3) is 0 Å². The van der Waals surface area contributed by atoms with Gasteiger partial charge in [-0.05, 0) is 18.2 Å². The lowest BCUT2D eigenvalue weighted by atomic mass is 10.2. The van der Waals surface area contributed by atoms with Crippen LogP contribution >= 0.6 is 0 Å². The van der Waals surface area contributed by atoms with Crippen molar-refractivity contribution in [1.29, 1.82) is 5.26 Å². The number of aromatic nitrogens is 1. The van der Waals surface area contributed by atoms with Crippen molar-refractivity contribution in [3.05, 3.63) is 59.9 Å². The summed E-state index contributed by atoms with van der Waals surface area (Å²) >= 11 is 0. The Hall–Kier alpha value is -2.34. The fourth-order valence-electron chi connectivity index (χ4n) is 1.70. The van der Waals surface area contributed by atoms with Gasteiger partial charge in [-0.3, -0.25) is 0 Å². The van der Waals surface area contributed by atoms with Crippen molar-refractivity contribution in [3.63, 3.8) is 0 Å². The van der Waals surface area contributed by atoms with E-state index in [0.717, 1.165) is 11.3 Å². The van der Waals surface area contributed by atoms with Gasteiger partial charge in [0.25, 0.3) is 0 Å². The number of nitriles is 1. The molecular weight excluding hydrogens is 210 g/mol. The van der Waals surface area contributed by atoms with Crippen LogP contribution in [0.4, 0.5) is 5.69 Å². The summed E-state index contributed by atoms with van der Waals surface area (Å²) in [6.45, 7) is 0.681. The molecule has 2 aromatic rings. The van der Waals surface area contributed by atoms with Crippen molar-refractivity contribution in [2.75, 3.05) is 11.9 Å². The molecule has 0 fully saturated rings. The van der Waals surface area contributed by atoms with Crippen molar-refractivity contribution in [2.45, 2.75) is 6.54 Å². The summed E-state index contributed by atoms with van der Waals surface area (Å²) in [5.41, 5.74) is 2.57. The minimum Gasteiger partial charge on any atom is -0.370 e. The highest BCUT2D eigenvalue weighted by molar-refractivity contribution is 5.46. The number of pyridine rings is 1. The monoisotopic (exact) mass is 223 g/mol. The summed E-state index contributed by atoms with van der Waals surface area (Å²) < 4.78 is 0. The second-order valence-corrected chi connectivity index (χ2v) is 3.81. The highest BCUT2D eigenvalue weighted by Gasteiger charge is 2.06. The molecule has 0 bridgehead atoms. The standard InChI is InChI=1S/C14H13N3/c1-17(13-7-3-2-4-8-13)11-12-6-5-9-16-14(12)10-15/h2-9H,11H2,1H3. The number of hydrogen-bond donors (Lipinski definition) is 0. The average molecular weight is 223 g/mol. The summed E-state index contributed by atoms with van der Waals surface area (Å²) in [7, 11) is 2.00. The van der Waals surface area contributed by atoms with E-state index in [-0.39, 0.29) is 0 Å². The topological polar surface area (TPSA) is 39.9 Å². The molecule has 2 rings (SSSR count). The van der Waals surface area contributed by atoms with Crippen LogP contribution in [0.3, 0.4) is 0 Å². The van der Waals surface area contributed by atoms with Crippen molar-refractivity contribution in [1.82, 2.24) is 4.98 Å². The molecule has 0 spiro atoms. The fraction of sp³-hybridized carbons (Fsp3) is 0.143. The first-order chi connectivity index (χ1) is 8.31. The van der Waals surface area contributed by atoms with E-state index in [1.807, 2.05) is 49.5 Å². The molecule has 0 aliphatic heterocycles. The maximum atomic E-state index is 8.97. The fourth-order valence-corrected chi connectivity index (χ4v) is 1.70. The number of hydrogen-bond acceptors (Lipinski definition) is 3. The van der Waals surface area contributed by atoms with E-state index in [1.165, 1.54) is 0 Å². The van der Waals surface area contributed by atoms with Gasteiger partial charge >= 0.3 is 0 Å². The van der Waals surface area contributed by atoms with Gasteiger partial charge in [-0.15, -0.1) is 0 Å². The predicted molar refractivity (Wildman–Crippen MR) is 67.5 cm³/mol. The highest BCUT2D eigenvalue weighted by atomic mass is 15.1. The molecule has 17 heavy (non-hydrogen) atoms. The molecule has 0 aliphatic rings. The number of anilines is 1. The van der Waals surface area contributed by atoms with Crippen LogP contribution in [0, 0.1) is 11.3 Å². The van der Waals surface area contributed by atoms with Gasteiger partial charge in [0.2, 0.25) is 0 Å². The molecule has 3 nitrogen and oxygen atoms in total. The molecule has 1 aromatic carbocycles. The smallest absolute Gasteiger partial charge is 0.145 e. The molecule has 0 saturated heterocycles. The summed E-state index contributed by atoms with van der Waals surface area (Å²) in [6, 6.07) is 16.0. The van der Waals surface area contributed by atoms with Crippen molar-refractivity contribution >= 4 is 5.69 Å². The number of benzene rings is 1. The Kier molecular flexibility index (Phi) is 3.37. The van der Waals surface area contributed by atoms with Gasteiger partial charge in [-0.2, -0.15) is 5.26 Å². The van der Waals surface area contributed by atoms with Crippen LogP contribution in [0.1, 0.15) is 11.3 Å². The Labute approximate surface area is 101 Å². The second kappa shape index (κ2) is 5.13. The maximum absolute atomic E-state index is 8.97. The third-order valence-corrected chi connectivity index (χ3v) is 2.60. The van der Waals surface area contributed by atoms with E-state index in [4.69, 9.17) is 5.26 Å². The first-order valence-electron chi connectivity index (χ1n) is 5.41. The van der Waals surface area contributed by atoms with Gasteiger partial charge in [0, 0.05) is 31.0 Å². The van der Waals surface area contributed by atoms with Gasteiger partial charge < -0.3 is 4.90 Å². The number of para-hydroxylation sites is 1. The predicted octanol–water partition coefficient (Wildman–Crippen LogP) is 2.59. The van der Waals surface area contributed by atoms with Crippen molar-refractivity contribution in [3.8, 4) is 6.07 Å². The Morgan fingerprint density at radius 2 is 1.94 bits per heavy atom. The lowest BCUT2D eigenvalue weighted by Crippen LogP contribution is -2.17. The molecule has 1 heterocycles. The SMILES string of the molecule is CN(Cc1cccnc1C#N)c1ccccc1. The Morgan fingerprint density at radius 3 is 2.65 bits per heavy atom. The Balaban J connectivity index is 2.19. The van der Waals surface area contributed by atoms with Crippen LogP contribution in [0.5, 0.6) is 0 Å². The Morgan fingerprint density at radius 1 is 1.18 bits per heavy atom. The van der Waals surface area contributed by atoms with Crippen molar-refractivity contribution < 1.29 is 0 Å². The molecular formula is C14H13N3. The first kappa shape index (κ1) is 11.2. The molecule has 0 amide bonds. The van der Waals surface area contributed by atoms with Gasteiger partial charge in [-0.25, -0.2) is 4.98 Å². The van der Waals surface area contributed by atoms with E-state index in [2.05, 4.69) is 16.0 Å². The van der Waals surface area contributed by atoms with Crippen LogP contribution in [-0.4, -0.2) is 12.0 Å². The molecule has 1 aromatic heterocycles. The molecule has 0 atom stereocenters. The zero-order valence-corrected chi connectivity index (χ0v) is 9.67. The lowest BCUT2D eigenvalue weighted by molar-refractivity contribution is 0.909. The van der Waals surface area contributed by atoms with E-state index in [0.29, 0.717) is 12.2 Å². The lowest BCUT2D eigenvalue weighted by Gasteiger charge is -2.19. The summed E-state index contributed by atoms with van der Waals surface area (Å²) in [4.78, 5) is 6.15.